The molecule has 1 aromatic carbocycles. The third-order valence-corrected chi connectivity index (χ3v) is 3.64. The molecule has 2 atom stereocenters. The van der Waals surface area contributed by atoms with Gasteiger partial charge in [0.2, 0.25) is 5.91 Å². The molecule has 1 fully saturated rings. The van der Waals surface area contributed by atoms with Gasteiger partial charge in [0.05, 0.1) is 18.6 Å². The molecule has 1 aliphatic rings. The number of para-hydroxylation sites is 2. The average molecular weight is 285 g/mol. The van der Waals surface area contributed by atoms with Crippen LogP contribution in [0.4, 0.5) is 5.69 Å². The smallest absolute Gasteiger partial charge is 0.228 e. The minimum absolute atomic E-state index is 0.00428. The van der Waals surface area contributed by atoms with Crippen molar-refractivity contribution in [1.29, 1.82) is 0 Å². The van der Waals surface area contributed by atoms with E-state index in [2.05, 4.69) is 12.2 Å². The number of amides is 1. The highest BCUT2D eigenvalue weighted by Gasteiger charge is 2.45. The molecule has 0 radical (unpaired) electrons. The van der Waals surface area contributed by atoms with Gasteiger partial charge in [0.1, 0.15) is 11.5 Å². The molecule has 1 N–H and O–H groups in total. The van der Waals surface area contributed by atoms with Crippen molar-refractivity contribution in [2.45, 2.75) is 25.7 Å². The monoisotopic (exact) mass is 285 g/mol. The van der Waals surface area contributed by atoms with Crippen LogP contribution in [0.5, 0.6) is 5.75 Å². The van der Waals surface area contributed by atoms with E-state index < -0.39 is 0 Å². The number of furan rings is 1. The summed E-state index contributed by atoms with van der Waals surface area (Å²) in [6.07, 6.45) is 3.43. The van der Waals surface area contributed by atoms with Crippen molar-refractivity contribution in [3.8, 4) is 5.75 Å². The topological polar surface area (TPSA) is 51.5 Å². The van der Waals surface area contributed by atoms with Gasteiger partial charge in [0, 0.05) is 11.8 Å². The Hall–Kier alpha value is -2.23. The highest BCUT2D eigenvalue weighted by atomic mass is 16.5. The van der Waals surface area contributed by atoms with E-state index >= 15 is 0 Å². The van der Waals surface area contributed by atoms with Crippen molar-refractivity contribution in [3.63, 3.8) is 0 Å². The van der Waals surface area contributed by atoms with Crippen LogP contribution in [0.3, 0.4) is 0 Å². The molecule has 1 saturated carbocycles. The number of rotatable bonds is 6. The molecule has 0 spiro atoms. The lowest BCUT2D eigenvalue weighted by molar-refractivity contribution is -0.117. The Kier molecular flexibility index (Phi) is 3.95. The highest BCUT2D eigenvalue weighted by molar-refractivity contribution is 5.96. The number of benzene rings is 1. The highest BCUT2D eigenvalue weighted by Crippen LogP contribution is 2.48. The van der Waals surface area contributed by atoms with Gasteiger partial charge in [-0.05, 0) is 37.1 Å². The lowest BCUT2D eigenvalue weighted by Gasteiger charge is -2.11. The molecule has 0 saturated heterocycles. The van der Waals surface area contributed by atoms with E-state index in [-0.39, 0.29) is 17.7 Å². The van der Waals surface area contributed by atoms with Crippen molar-refractivity contribution < 1.29 is 13.9 Å². The first-order chi connectivity index (χ1) is 10.3. The lowest BCUT2D eigenvalue weighted by atomic mass is 10.2. The zero-order chi connectivity index (χ0) is 14.7. The van der Waals surface area contributed by atoms with Crippen LogP contribution in [0.2, 0.25) is 0 Å². The molecule has 110 valence electrons. The van der Waals surface area contributed by atoms with E-state index in [0.29, 0.717) is 6.61 Å². The van der Waals surface area contributed by atoms with E-state index in [4.69, 9.17) is 9.15 Å². The summed E-state index contributed by atoms with van der Waals surface area (Å²) in [7, 11) is 0. The summed E-state index contributed by atoms with van der Waals surface area (Å²) >= 11 is 0. The Labute approximate surface area is 124 Å². The molecule has 21 heavy (non-hydrogen) atoms. The summed E-state index contributed by atoms with van der Waals surface area (Å²) in [4.78, 5) is 12.3. The predicted molar refractivity (Wildman–Crippen MR) is 80.4 cm³/mol. The number of anilines is 1. The van der Waals surface area contributed by atoms with Crippen LogP contribution in [-0.4, -0.2) is 12.5 Å². The van der Waals surface area contributed by atoms with Crippen LogP contribution in [0.25, 0.3) is 0 Å². The molecule has 4 heteroatoms. The van der Waals surface area contributed by atoms with Gasteiger partial charge in [-0.15, -0.1) is 0 Å². The average Bonchev–Trinajstić information content (AvgIpc) is 3.12. The quantitative estimate of drug-likeness (QED) is 0.878. The maximum Gasteiger partial charge on any atom is 0.228 e. The van der Waals surface area contributed by atoms with Gasteiger partial charge in [-0.1, -0.05) is 19.1 Å². The second-order valence-corrected chi connectivity index (χ2v) is 5.30. The molecule has 4 nitrogen and oxygen atoms in total. The number of ether oxygens (including phenoxy) is 1. The second-order valence-electron chi connectivity index (χ2n) is 5.30. The van der Waals surface area contributed by atoms with Crippen molar-refractivity contribution >= 4 is 11.6 Å². The standard InChI is InChI=1S/C17H19NO3/c1-2-9-20-16-7-4-3-6-14(16)18-17(19)13-11-12(13)15-8-5-10-21-15/h3-8,10,12-13H,2,9,11H2,1H3,(H,18,19). The molecule has 1 aromatic heterocycles. The van der Waals surface area contributed by atoms with Gasteiger partial charge in [0.15, 0.2) is 0 Å². The van der Waals surface area contributed by atoms with Gasteiger partial charge < -0.3 is 14.5 Å². The van der Waals surface area contributed by atoms with Gasteiger partial charge in [-0.3, -0.25) is 4.79 Å². The number of carbonyl (C=O) groups excluding carboxylic acids is 1. The maximum absolute atomic E-state index is 12.3. The van der Waals surface area contributed by atoms with E-state index in [9.17, 15) is 4.79 Å². The number of hydrogen-bond donors (Lipinski definition) is 1. The number of carbonyl (C=O) groups is 1. The molecule has 1 amide bonds. The van der Waals surface area contributed by atoms with Gasteiger partial charge in [-0.2, -0.15) is 0 Å². The normalized spacial score (nSPS) is 20.0. The van der Waals surface area contributed by atoms with Crippen LogP contribution < -0.4 is 10.1 Å². The Morgan fingerprint density at radius 2 is 2.19 bits per heavy atom. The molecule has 2 unspecified atom stereocenters. The summed E-state index contributed by atoms with van der Waals surface area (Å²) in [6.45, 7) is 2.70. The summed E-state index contributed by atoms with van der Waals surface area (Å²) in [5.41, 5.74) is 0.737. The minimum atomic E-state index is -0.00428. The minimum Gasteiger partial charge on any atom is -0.491 e. The largest absolute Gasteiger partial charge is 0.491 e. The van der Waals surface area contributed by atoms with Gasteiger partial charge in [0.25, 0.3) is 0 Å². The first-order valence-corrected chi connectivity index (χ1v) is 7.35. The molecule has 1 aliphatic carbocycles. The zero-order valence-corrected chi connectivity index (χ0v) is 12.0. The summed E-state index contributed by atoms with van der Waals surface area (Å²) in [6, 6.07) is 11.3. The Morgan fingerprint density at radius 1 is 1.33 bits per heavy atom. The van der Waals surface area contributed by atoms with Crippen LogP contribution in [0.1, 0.15) is 31.4 Å². The molecule has 3 rings (SSSR count). The first kappa shape index (κ1) is 13.7. The third-order valence-electron chi connectivity index (χ3n) is 3.64. The summed E-state index contributed by atoms with van der Waals surface area (Å²) in [5, 5.41) is 2.97. The second kappa shape index (κ2) is 6.04. The Morgan fingerprint density at radius 3 is 2.95 bits per heavy atom. The lowest BCUT2D eigenvalue weighted by Crippen LogP contribution is -2.15. The number of nitrogens with one attached hydrogen (secondary N) is 1. The fourth-order valence-corrected chi connectivity index (χ4v) is 2.43. The van der Waals surface area contributed by atoms with E-state index in [1.165, 1.54) is 0 Å². The summed E-state index contributed by atoms with van der Waals surface area (Å²) < 4.78 is 11.0. The molecular formula is C17H19NO3. The molecule has 0 aliphatic heterocycles. The van der Waals surface area contributed by atoms with Crippen molar-refractivity contribution in [1.82, 2.24) is 0 Å². The fraction of sp³-hybridized carbons (Fsp3) is 0.353. The number of hydrogen-bond acceptors (Lipinski definition) is 3. The molecule has 1 heterocycles. The molecular weight excluding hydrogens is 266 g/mol. The third kappa shape index (κ3) is 3.10. The first-order valence-electron chi connectivity index (χ1n) is 7.35. The van der Waals surface area contributed by atoms with Crippen molar-refractivity contribution in [3.05, 3.63) is 48.4 Å². The van der Waals surface area contributed by atoms with E-state index in [0.717, 1.165) is 30.0 Å². The molecule has 2 aromatic rings. The SMILES string of the molecule is CCCOc1ccccc1NC(=O)C1CC1c1ccco1. The predicted octanol–water partition coefficient (Wildman–Crippen LogP) is 3.81. The maximum atomic E-state index is 12.3. The van der Waals surface area contributed by atoms with E-state index in [1.807, 2.05) is 36.4 Å². The van der Waals surface area contributed by atoms with Gasteiger partial charge in [-0.25, -0.2) is 0 Å². The van der Waals surface area contributed by atoms with Crippen molar-refractivity contribution in [2.75, 3.05) is 11.9 Å². The van der Waals surface area contributed by atoms with Crippen molar-refractivity contribution in [2.24, 2.45) is 5.92 Å². The fourth-order valence-electron chi connectivity index (χ4n) is 2.43. The Balaban J connectivity index is 1.63. The molecule has 0 bridgehead atoms. The van der Waals surface area contributed by atoms with Gasteiger partial charge >= 0.3 is 0 Å². The van der Waals surface area contributed by atoms with E-state index in [1.54, 1.807) is 6.26 Å². The Bertz CT molecular complexity index is 606. The van der Waals surface area contributed by atoms with Crippen LogP contribution >= 0.6 is 0 Å². The van der Waals surface area contributed by atoms with Crippen LogP contribution in [0.15, 0.2) is 47.1 Å². The van der Waals surface area contributed by atoms with Crippen LogP contribution in [-0.2, 0) is 4.79 Å². The summed E-state index contributed by atoms with van der Waals surface area (Å²) in [5.74, 6) is 1.86. The van der Waals surface area contributed by atoms with Crippen LogP contribution in [0, 0.1) is 5.92 Å². The zero-order valence-electron chi connectivity index (χ0n) is 12.0.